The van der Waals surface area contributed by atoms with Gasteiger partial charge in [-0.05, 0) is 49.2 Å². The summed E-state index contributed by atoms with van der Waals surface area (Å²) in [5, 5.41) is 4.39. The molecule has 0 saturated carbocycles. The van der Waals surface area contributed by atoms with Crippen LogP contribution in [0, 0.1) is 0 Å². The Balaban J connectivity index is 2.00. The van der Waals surface area contributed by atoms with Gasteiger partial charge in [0, 0.05) is 6.42 Å². The third-order valence-electron chi connectivity index (χ3n) is 5.06. The van der Waals surface area contributed by atoms with E-state index < -0.39 is 7.26 Å². The Bertz CT molecular complexity index is 767. The molecule has 3 aromatic rings. The van der Waals surface area contributed by atoms with Gasteiger partial charge in [0.2, 0.25) is 0 Å². The van der Waals surface area contributed by atoms with Crippen LogP contribution in [0.3, 0.4) is 0 Å². The lowest BCUT2D eigenvalue weighted by Gasteiger charge is -2.27. The highest BCUT2D eigenvalue weighted by atomic mass is 31.2. The average Bonchev–Trinajstić information content (AvgIpc) is 2.78. The van der Waals surface area contributed by atoms with Crippen LogP contribution in [-0.4, -0.2) is 6.16 Å². The van der Waals surface area contributed by atoms with Crippen molar-refractivity contribution in [1.82, 2.24) is 0 Å². The summed E-state index contributed by atoms with van der Waals surface area (Å²) in [4.78, 5) is 0. The lowest BCUT2D eigenvalue weighted by atomic mass is 10.3. The van der Waals surface area contributed by atoms with Gasteiger partial charge in [-0.1, -0.05) is 85.8 Å². The maximum Gasteiger partial charge on any atom is 0.112 e. The summed E-state index contributed by atoms with van der Waals surface area (Å²) in [6, 6.07) is 33.4. The molecule has 0 saturated heterocycles. The van der Waals surface area contributed by atoms with Crippen LogP contribution < -0.4 is 15.9 Å². The summed E-state index contributed by atoms with van der Waals surface area (Å²) >= 11 is 0. The molecule has 0 N–H and O–H groups in total. The van der Waals surface area contributed by atoms with Crippen LogP contribution in [0.1, 0.15) is 26.2 Å². The molecule has 0 amide bonds. The summed E-state index contributed by atoms with van der Waals surface area (Å²) in [6.07, 6.45) is 13.5. The van der Waals surface area contributed by atoms with E-state index in [1.165, 1.54) is 15.9 Å². The van der Waals surface area contributed by atoms with Crippen LogP contribution in [-0.2, 0) is 0 Å². The molecule has 0 bridgehead atoms. The Morgan fingerprint density at radius 3 is 1.43 bits per heavy atom. The zero-order valence-corrected chi connectivity index (χ0v) is 17.6. The lowest BCUT2D eigenvalue weighted by Crippen LogP contribution is -2.33. The minimum absolute atomic E-state index is 1.03. The van der Waals surface area contributed by atoms with Crippen molar-refractivity contribution < 1.29 is 0 Å². The zero-order chi connectivity index (χ0) is 19.5. The van der Waals surface area contributed by atoms with Crippen molar-refractivity contribution in [3.8, 4) is 0 Å². The van der Waals surface area contributed by atoms with Gasteiger partial charge in [-0.2, -0.15) is 0 Å². The Morgan fingerprint density at radius 1 is 0.571 bits per heavy atom. The highest BCUT2D eigenvalue weighted by Gasteiger charge is 2.44. The zero-order valence-electron chi connectivity index (χ0n) is 16.7. The maximum atomic E-state index is 2.36. The van der Waals surface area contributed by atoms with Crippen molar-refractivity contribution in [1.29, 1.82) is 0 Å². The fraction of sp³-hybridized carbons (Fsp3) is 0.185. The van der Waals surface area contributed by atoms with E-state index in [2.05, 4.69) is 122 Å². The molecule has 0 heterocycles. The minimum Gasteiger partial charge on any atom is -0.0885 e. The predicted molar refractivity (Wildman–Crippen MR) is 128 cm³/mol. The van der Waals surface area contributed by atoms with Crippen LogP contribution in [0.4, 0.5) is 0 Å². The minimum atomic E-state index is -1.68. The van der Waals surface area contributed by atoms with Gasteiger partial charge in [0.15, 0.2) is 0 Å². The molecule has 28 heavy (non-hydrogen) atoms. The van der Waals surface area contributed by atoms with Crippen molar-refractivity contribution in [2.75, 3.05) is 6.16 Å². The first-order valence-electron chi connectivity index (χ1n) is 10.2. The Morgan fingerprint density at radius 2 is 1.00 bits per heavy atom. The van der Waals surface area contributed by atoms with Crippen LogP contribution in [0.15, 0.2) is 115 Å². The number of rotatable bonds is 9. The van der Waals surface area contributed by atoms with Gasteiger partial charge in [0.05, 0.1) is 6.16 Å². The molecule has 0 aliphatic carbocycles. The van der Waals surface area contributed by atoms with Gasteiger partial charge in [-0.3, -0.25) is 0 Å². The largest absolute Gasteiger partial charge is 0.112 e. The molecular formula is C27H30P+. The van der Waals surface area contributed by atoms with Crippen molar-refractivity contribution in [3.63, 3.8) is 0 Å². The summed E-state index contributed by atoms with van der Waals surface area (Å²) in [5.74, 6) is 0. The standard InChI is InChI=1S/C27H30P/c1-2-3-4-5-6-7-17-24-28(25-18-11-8-12-19-25,26-20-13-9-14-21-26)27-22-15-10-16-23-27/h3-4,6-16,18-23H,2,5,17,24H2,1H3/q+1. The van der Waals surface area contributed by atoms with Gasteiger partial charge < -0.3 is 0 Å². The van der Waals surface area contributed by atoms with Crippen LogP contribution in [0.5, 0.6) is 0 Å². The molecule has 0 aromatic heterocycles. The molecule has 3 rings (SSSR count). The third-order valence-corrected chi connectivity index (χ3v) is 9.53. The number of hydrogen-bond acceptors (Lipinski definition) is 0. The summed E-state index contributed by atoms with van der Waals surface area (Å²) < 4.78 is 0. The SMILES string of the molecule is CCC=CCC=CCC[P+](c1ccccc1)(c1ccccc1)c1ccccc1. The van der Waals surface area contributed by atoms with Crippen molar-refractivity contribution in [2.45, 2.75) is 26.2 Å². The number of allylic oxidation sites excluding steroid dienone is 4. The highest BCUT2D eigenvalue weighted by molar-refractivity contribution is 7.95. The molecule has 0 fully saturated rings. The maximum absolute atomic E-state index is 2.36. The topological polar surface area (TPSA) is 0 Å². The molecule has 0 radical (unpaired) electrons. The Hall–Kier alpha value is -2.43. The smallest absolute Gasteiger partial charge is 0.0885 e. The predicted octanol–water partition coefficient (Wildman–Crippen LogP) is 6.28. The Kier molecular flexibility index (Phi) is 7.82. The molecule has 1 heteroatoms. The third kappa shape index (κ3) is 4.89. The van der Waals surface area contributed by atoms with Gasteiger partial charge in [-0.15, -0.1) is 0 Å². The van der Waals surface area contributed by atoms with E-state index in [-0.39, 0.29) is 0 Å². The van der Waals surface area contributed by atoms with E-state index >= 15 is 0 Å². The number of hydrogen-bond donors (Lipinski definition) is 0. The van der Waals surface area contributed by atoms with E-state index in [9.17, 15) is 0 Å². The van der Waals surface area contributed by atoms with E-state index in [1.54, 1.807) is 0 Å². The van der Waals surface area contributed by atoms with Crippen LogP contribution in [0.2, 0.25) is 0 Å². The fourth-order valence-electron chi connectivity index (χ4n) is 3.71. The number of benzene rings is 3. The first-order valence-corrected chi connectivity index (χ1v) is 12.2. The first kappa shape index (κ1) is 20.3. The monoisotopic (exact) mass is 385 g/mol. The fourth-order valence-corrected chi connectivity index (χ4v) is 7.95. The quantitative estimate of drug-likeness (QED) is 0.300. The second kappa shape index (κ2) is 10.8. The molecule has 0 nitrogen and oxygen atoms in total. The van der Waals surface area contributed by atoms with Crippen molar-refractivity contribution >= 4 is 23.2 Å². The van der Waals surface area contributed by atoms with E-state index in [0.717, 1.165) is 25.4 Å². The second-order valence-corrected chi connectivity index (χ2v) is 10.5. The summed E-state index contributed by atoms with van der Waals surface area (Å²) in [7, 11) is -1.68. The molecule has 0 spiro atoms. The second-order valence-electron chi connectivity index (χ2n) is 6.92. The molecule has 0 aliphatic heterocycles. The van der Waals surface area contributed by atoms with E-state index in [4.69, 9.17) is 0 Å². The van der Waals surface area contributed by atoms with Crippen molar-refractivity contribution in [2.24, 2.45) is 0 Å². The van der Waals surface area contributed by atoms with Crippen LogP contribution in [0.25, 0.3) is 0 Å². The first-order chi connectivity index (χ1) is 13.9. The lowest BCUT2D eigenvalue weighted by molar-refractivity contribution is 1.18. The summed E-state index contributed by atoms with van der Waals surface area (Å²) in [5.41, 5.74) is 0. The normalized spacial score (nSPS) is 12.0. The van der Waals surface area contributed by atoms with E-state index in [1.807, 2.05) is 0 Å². The van der Waals surface area contributed by atoms with Gasteiger partial charge >= 0.3 is 0 Å². The van der Waals surface area contributed by atoms with E-state index in [0.29, 0.717) is 0 Å². The molecule has 0 unspecified atom stereocenters. The average molecular weight is 386 g/mol. The Labute approximate surface area is 171 Å². The van der Waals surface area contributed by atoms with Gasteiger partial charge in [-0.25, -0.2) is 0 Å². The molecule has 142 valence electrons. The summed E-state index contributed by atoms with van der Waals surface area (Å²) in [6.45, 7) is 2.18. The molecular weight excluding hydrogens is 355 g/mol. The van der Waals surface area contributed by atoms with Gasteiger partial charge in [0.1, 0.15) is 23.2 Å². The van der Waals surface area contributed by atoms with Crippen LogP contribution >= 0.6 is 7.26 Å². The molecule has 3 aromatic carbocycles. The van der Waals surface area contributed by atoms with Gasteiger partial charge in [0.25, 0.3) is 0 Å². The van der Waals surface area contributed by atoms with Crippen molar-refractivity contribution in [3.05, 3.63) is 115 Å². The molecule has 0 atom stereocenters. The highest BCUT2D eigenvalue weighted by Crippen LogP contribution is 2.55. The molecule has 0 aliphatic rings.